The Morgan fingerprint density at radius 2 is 2.29 bits per heavy atom. The summed E-state index contributed by atoms with van der Waals surface area (Å²) < 4.78 is 10.7. The number of nitrogens with zero attached hydrogens (tertiary/aromatic N) is 2. The Labute approximate surface area is 144 Å². The molecule has 0 radical (unpaired) electrons. The lowest BCUT2D eigenvalue weighted by Gasteiger charge is -2.20. The molecule has 0 aromatic carbocycles. The van der Waals surface area contributed by atoms with Crippen molar-refractivity contribution in [1.29, 1.82) is 0 Å². The zero-order valence-electron chi connectivity index (χ0n) is 13.6. The molecule has 0 aliphatic heterocycles. The van der Waals surface area contributed by atoms with Crippen LogP contribution in [0.5, 0.6) is 0 Å². The number of carbonyl (C=O) groups is 1. The van der Waals surface area contributed by atoms with Crippen molar-refractivity contribution in [3.05, 3.63) is 52.0 Å². The normalized spacial score (nSPS) is 10.9. The van der Waals surface area contributed by atoms with E-state index in [4.69, 9.17) is 9.15 Å². The first-order valence-corrected chi connectivity index (χ1v) is 8.53. The number of aromatic amines is 1. The van der Waals surface area contributed by atoms with Crippen LogP contribution in [0.2, 0.25) is 0 Å². The molecule has 0 spiro atoms. The van der Waals surface area contributed by atoms with Gasteiger partial charge in [-0.2, -0.15) is 16.4 Å². The molecule has 0 aliphatic carbocycles. The molecule has 0 bridgehead atoms. The van der Waals surface area contributed by atoms with E-state index >= 15 is 0 Å². The highest BCUT2D eigenvalue weighted by atomic mass is 32.1. The van der Waals surface area contributed by atoms with Crippen LogP contribution in [0.3, 0.4) is 0 Å². The van der Waals surface area contributed by atoms with Gasteiger partial charge in [0.15, 0.2) is 11.5 Å². The molecule has 7 heteroatoms. The van der Waals surface area contributed by atoms with Gasteiger partial charge in [-0.05, 0) is 41.4 Å². The maximum Gasteiger partial charge on any atom is 0.274 e. The first kappa shape index (κ1) is 16.5. The Morgan fingerprint density at radius 1 is 1.42 bits per heavy atom. The lowest BCUT2D eigenvalue weighted by Crippen LogP contribution is -2.33. The summed E-state index contributed by atoms with van der Waals surface area (Å²) in [6.07, 6.45) is 0. The van der Waals surface area contributed by atoms with Crippen LogP contribution in [0.4, 0.5) is 0 Å². The zero-order chi connectivity index (χ0) is 16.9. The number of thiophene rings is 1. The molecule has 3 rings (SSSR count). The molecule has 1 amide bonds. The molecule has 0 aliphatic rings. The Bertz CT molecular complexity index is 792. The second-order valence-corrected chi connectivity index (χ2v) is 6.21. The van der Waals surface area contributed by atoms with Gasteiger partial charge in [-0.15, -0.1) is 0 Å². The molecular weight excluding hydrogens is 326 g/mol. The van der Waals surface area contributed by atoms with Crippen molar-refractivity contribution in [3.8, 4) is 11.5 Å². The minimum Gasteiger partial charge on any atom is -0.460 e. The SMILES string of the molecule is COCCN(Cc1ccsc1)C(=O)c1cc(-c2ccc(C)o2)[nH]n1. The van der Waals surface area contributed by atoms with Gasteiger partial charge in [-0.3, -0.25) is 9.89 Å². The molecule has 0 fully saturated rings. The Morgan fingerprint density at radius 3 is 2.96 bits per heavy atom. The molecule has 3 aromatic heterocycles. The van der Waals surface area contributed by atoms with E-state index < -0.39 is 0 Å². The quantitative estimate of drug-likeness (QED) is 0.713. The molecule has 3 aromatic rings. The summed E-state index contributed by atoms with van der Waals surface area (Å²) in [5, 5.41) is 11.0. The lowest BCUT2D eigenvalue weighted by atomic mass is 10.2. The van der Waals surface area contributed by atoms with Crippen LogP contribution < -0.4 is 0 Å². The second-order valence-electron chi connectivity index (χ2n) is 5.43. The summed E-state index contributed by atoms with van der Waals surface area (Å²) in [7, 11) is 1.62. The van der Waals surface area contributed by atoms with E-state index in [0.29, 0.717) is 36.8 Å². The number of furan rings is 1. The van der Waals surface area contributed by atoms with E-state index in [9.17, 15) is 4.79 Å². The highest BCUT2D eigenvalue weighted by Crippen LogP contribution is 2.21. The van der Waals surface area contributed by atoms with Gasteiger partial charge in [0.2, 0.25) is 0 Å². The standard InChI is InChI=1S/C17H19N3O3S/c1-12-3-4-16(23-12)14-9-15(19-18-14)17(21)20(6-7-22-2)10-13-5-8-24-11-13/h3-5,8-9,11H,6-7,10H2,1-2H3,(H,18,19). The van der Waals surface area contributed by atoms with Crippen LogP contribution in [-0.4, -0.2) is 41.3 Å². The van der Waals surface area contributed by atoms with E-state index in [1.807, 2.05) is 35.9 Å². The number of rotatable bonds is 7. The number of hydrogen-bond donors (Lipinski definition) is 1. The smallest absolute Gasteiger partial charge is 0.274 e. The molecule has 24 heavy (non-hydrogen) atoms. The number of nitrogens with one attached hydrogen (secondary N) is 1. The van der Waals surface area contributed by atoms with Crippen LogP contribution in [0.15, 0.2) is 39.4 Å². The highest BCUT2D eigenvalue weighted by molar-refractivity contribution is 7.07. The van der Waals surface area contributed by atoms with Crippen molar-refractivity contribution in [2.24, 2.45) is 0 Å². The maximum absolute atomic E-state index is 12.8. The number of ether oxygens (including phenoxy) is 1. The van der Waals surface area contributed by atoms with Gasteiger partial charge in [-0.25, -0.2) is 0 Å². The summed E-state index contributed by atoms with van der Waals surface area (Å²) >= 11 is 1.61. The third-order valence-corrected chi connectivity index (χ3v) is 4.34. The second kappa shape index (κ2) is 7.46. The van der Waals surface area contributed by atoms with Gasteiger partial charge in [0.25, 0.3) is 5.91 Å². The number of amides is 1. The minimum atomic E-state index is -0.135. The van der Waals surface area contributed by atoms with Gasteiger partial charge in [0.1, 0.15) is 11.5 Å². The van der Waals surface area contributed by atoms with Crippen molar-refractivity contribution in [1.82, 2.24) is 15.1 Å². The van der Waals surface area contributed by atoms with Gasteiger partial charge in [0.05, 0.1) is 6.61 Å². The molecule has 6 nitrogen and oxygen atoms in total. The van der Waals surface area contributed by atoms with E-state index in [-0.39, 0.29) is 5.91 Å². The molecule has 0 atom stereocenters. The number of aromatic nitrogens is 2. The van der Waals surface area contributed by atoms with Crippen molar-refractivity contribution >= 4 is 17.2 Å². The lowest BCUT2D eigenvalue weighted by molar-refractivity contribution is 0.0675. The van der Waals surface area contributed by atoms with Crippen LogP contribution >= 0.6 is 11.3 Å². The van der Waals surface area contributed by atoms with Crippen molar-refractivity contribution in [2.75, 3.05) is 20.3 Å². The van der Waals surface area contributed by atoms with Crippen LogP contribution in [0.1, 0.15) is 21.8 Å². The topological polar surface area (TPSA) is 71.4 Å². The van der Waals surface area contributed by atoms with E-state index in [0.717, 1.165) is 11.3 Å². The average molecular weight is 345 g/mol. The van der Waals surface area contributed by atoms with Gasteiger partial charge in [-0.1, -0.05) is 0 Å². The Hall–Kier alpha value is -2.38. The minimum absolute atomic E-state index is 0.135. The van der Waals surface area contributed by atoms with Crippen LogP contribution in [-0.2, 0) is 11.3 Å². The third-order valence-electron chi connectivity index (χ3n) is 3.61. The number of methoxy groups -OCH3 is 1. The number of hydrogen-bond acceptors (Lipinski definition) is 5. The summed E-state index contributed by atoms with van der Waals surface area (Å²) in [4.78, 5) is 14.5. The van der Waals surface area contributed by atoms with Crippen LogP contribution in [0.25, 0.3) is 11.5 Å². The molecular formula is C17H19N3O3S. The summed E-state index contributed by atoms with van der Waals surface area (Å²) in [6.45, 7) is 3.39. The first-order chi connectivity index (χ1) is 11.7. The monoisotopic (exact) mass is 345 g/mol. The van der Waals surface area contributed by atoms with Crippen molar-refractivity contribution in [2.45, 2.75) is 13.5 Å². The van der Waals surface area contributed by atoms with Gasteiger partial charge < -0.3 is 14.1 Å². The van der Waals surface area contributed by atoms with Gasteiger partial charge >= 0.3 is 0 Å². The third kappa shape index (κ3) is 3.74. The fourth-order valence-electron chi connectivity index (χ4n) is 2.36. The fraction of sp³-hybridized carbons (Fsp3) is 0.294. The molecule has 126 valence electrons. The zero-order valence-corrected chi connectivity index (χ0v) is 14.4. The van der Waals surface area contributed by atoms with E-state index in [1.54, 1.807) is 29.4 Å². The fourth-order valence-corrected chi connectivity index (χ4v) is 3.02. The molecule has 3 heterocycles. The molecule has 0 saturated carbocycles. The Kier molecular flexibility index (Phi) is 5.12. The van der Waals surface area contributed by atoms with Crippen LogP contribution in [0, 0.1) is 6.92 Å². The predicted molar refractivity (Wildman–Crippen MR) is 92.0 cm³/mol. The molecule has 0 saturated heterocycles. The van der Waals surface area contributed by atoms with E-state index in [2.05, 4.69) is 10.2 Å². The first-order valence-electron chi connectivity index (χ1n) is 7.59. The largest absolute Gasteiger partial charge is 0.460 e. The number of carbonyl (C=O) groups excluding carboxylic acids is 1. The average Bonchev–Trinajstić information content (AvgIpc) is 3.31. The molecule has 1 N–H and O–H groups in total. The predicted octanol–water partition coefficient (Wildman–Crippen LogP) is 3.33. The highest BCUT2D eigenvalue weighted by Gasteiger charge is 2.20. The maximum atomic E-state index is 12.8. The summed E-state index contributed by atoms with van der Waals surface area (Å²) in [6, 6.07) is 7.46. The summed E-state index contributed by atoms with van der Waals surface area (Å²) in [5.74, 6) is 1.34. The van der Waals surface area contributed by atoms with Crippen molar-refractivity contribution < 1.29 is 13.9 Å². The summed E-state index contributed by atoms with van der Waals surface area (Å²) in [5.41, 5.74) is 2.15. The number of aryl methyl sites for hydroxylation is 1. The Balaban J connectivity index is 1.77. The van der Waals surface area contributed by atoms with Crippen molar-refractivity contribution in [3.63, 3.8) is 0 Å². The number of H-pyrrole nitrogens is 1. The van der Waals surface area contributed by atoms with E-state index in [1.165, 1.54) is 0 Å². The van der Waals surface area contributed by atoms with Gasteiger partial charge in [0, 0.05) is 26.3 Å². The molecule has 0 unspecified atom stereocenters.